The topological polar surface area (TPSA) is 77.0 Å². The number of amidine groups is 1. The number of methoxy groups -OCH3 is 1. The van der Waals surface area contributed by atoms with Crippen molar-refractivity contribution in [2.45, 2.75) is 6.92 Å². The normalized spacial score (nSPS) is 15.5. The van der Waals surface area contributed by atoms with E-state index >= 15 is 0 Å². The molecule has 166 valence electrons. The van der Waals surface area contributed by atoms with Crippen LogP contribution in [0.4, 0.5) is 5.69 Å². The van der Waals surface area contributed by atoms with E-state index in [0.29, 0.717) is 26.4 Å². The van der Waals surface area contributed by atoms with Gasteiger partial charge in [-0.2, -0.15) is 0 Å². The maximum Gasteiger partial charge on any atom is 0.345 e. The lowest BCUT2D eigenvalue weighted by Gasteiger charge is -2.10. The number of ether oxygens (including phenoxy) is 2. The molecule has 8 heteroatoms. The molecule has 0 aliphatic carbocycles. The lowest BCUT2D eigenvalue weighted by Crippen LogP contribution is -2.19. The number of nitrogens with one attached hydrogen (secondary N) is 1. The van der Waals surface area contributed by atoms with Gasteiger partial charge in [0, 0.05) is 0 Å². The molecule has 0 saturated carbocycles. The Morgan fingerprint density at radius 3 is 2.58 bits per heavy atom. The quantitative estimate of drug-likeness (QED) is 0.286. The smallest absolute Gasteiger partial charge is 0.345 e. The molecule has 1 heterocycles. The molecule has 1 amide bonds. The average molecular weight is 479 g/mol. The van der Waals surface area contributed by atoms with Crippen molar-refractivity contribution in [2.24, 2.45) is 4.99 Å². The van der Waals surface area contributed by atoms with Gasteiger partial charge in [0.05, 0.1) is 28.3 Å². The second-order valence-electron chi connectivity index (χ2n) is 7.05. The van der Waals surface area contributed by atoms with Gasteiger partial charge in [-0.25, -0.2) is 9.79 Å². The number of carbonyl (C=O) groups excluding carboxylic acids is 2. The lowest BCUT2D eigenvalue weighted by atomic mass is 10.1. The number of para-hydroxylation sites is 1. The molecule has 0 aromatic heterocycles. The van der Waals surface area contributed by atoms with E-state index in [9.17, 15) is 9.59 Å². The van der Waals surface area contributed by atoms with E-state index in [0.717, 1.165) is 11.3 Å². The van der Waals surface area contributed by atoms with Crippen LogP contribution in [0.3, 0.4) is 0 Å². The fraction of sp³-hybridized carbons (Fsp3) is 0.0800. The van der Waals surface area contributed by atoms with E-state index in [1.807, 2.05) is 31.2 Å². The number of hydrogen-bond donors (Lipinski definition) is 1. The highest BCUT2D eigenvalue weighted by Gasteiger charge is 2.24. The zero-order valence-electron chi connectivity index (χ0n) is 17.8. The van der Waals surface area contributed by atoms with Gasteiger partial charge >= 0.3 is 5.97 Å². The highest BCUT2D eigenvalue weighted by atomic mass is 35.5. The first kappa shape index (κ1) is 22.6. The van der Waals surface area contributed by atoms with Gasteiger partial charge in [0.25, 0.3) is 5.91 Å². The predicted octanol–water partition coefficient (Wildman–Crippen LogP) is 5.77. The molecule has 0 atom stereocenters. The van der Waals surface area contributed by atoms with E-state index in [4.69, 9.17) is 21.1 Å². The monoisotopic (exact) mass is 478 g/mol. The van der Waals surface area contributed by atoms with Crippen molar-refractivity contribution in [3.05, 3.63) is 93.3 Å². The number of aliphatic imine (C=N–C) groups is 1. The third kappa shape index (κ3) is 5.27. The van der Waals surface area contributed by atoms with E-state index in [1.54, 1.807) is 48.5 Å². The van der Waals surface area contributed by atoms with Crippen molar-refractivity contribution in [3.63, 3.8) is 0 Å². The van der Waals surface area contributed by atoms with Crippen molar-refractivity contribution in [1.82, 2.24) is 5.32 Å². The fourth-order valence-corrected chi connectivity index (χ4v) is 4.12. The Kier molecular flexibility index (Phi) is 6.82. The second kappa shape index (κ2) is 9.94. The van der Waals surface area contributed by atoms with Crippen molar-refractivity contribution in [1.29, 1.82) is 0 Å². The minimum Gasteiger partial charge on any atom is -0.493 e. The SMILES string of the molecule is COc1cc(/C=C2/SC(=Nc3ccccc3C)NC2=O)ccc1OC(=O)c1ccccc1Cl. The molecular weight excluding hydrogens is 460 g/mol. The average Bonchev–Trinajstić information content (AvgIpc) is 3.15. The maximum atomic E-state index is 12.5. The molecular formula is C25H19ClN2O4S. The number of esters is 1. The molecule has 6 nitrogen and oxygen atoms in total. The zero-order chi connectivity index (χ0) is 23.4. The molecule has 1 fully saturated rings. The maximum absolute atomic E-state index is 12.5. The minimum absolute atomic E-state index is 0.236. The zero-order valence-corrected chi connectivity index (χ0v) is 19.4. The van der Waals surface area contributed by atoms with Gasteiger partial charge in [-0.15, -0.1) is 0 Å². The molecule has 0 spiro atoms. The third-order valence-corrected chi connectivity index (χ3v) is 6.01. The largest absolute Gasteiger partial charge is 0.493 e. The fourth-order valence-electron chi connectivity index (χ4n) is 3.07. The van der Waals surface area contributed by atoms with Gasteiger partial charge in [0.2, 0.25) is 0 Å². The van der Waals surface area contributed by atoms with Gasteiger partial charge in [-0.05, 0) is 66.2 Å². The number of carbonyl (C=O) groups is 2. The Bertz CT molecular complexity index is 1300. The molecule has 4 rings (SSSR count). The summed E-state index contributed by atoms with van der Waals surface area (Å²) in [7, 11) is 1.48. The van der Waals surface area contributed by atoms with Crippen molar-refractivity contribution in [3.8, 4) is 11.5 Å². The molecule has 1 saturated heterocycles. The Morgan fingerprint density at radius 2 is 1.82 bits per heavy atom. The van der Waals surface area contributed by atoms with Gasteiger partial charge in [0.1, 0.15) is 0 Å². The number of thioether (sulfide) groups is 1. The Morgan fingerprint density at radius 1 is 1.06 bits per heavy atom. The number of rotatable bonds is 5. The van der Waals surface area contributed by atoms with Crippen LogP contribution in [0.2, 0.25) is 5.02 Å². The number of hydrogen-bond acceptors (Lipinski definition) is 6. The summed E-state index contributed by atoms with van der Waals surface area (Å²) in [6, 6.07) is 19.4. The third-order valence-electron chi connectivity index (χ3n) is 4.77. The van der Waals surface area contributed by atoms with Crippen LogP contribution in [0.5, 0.6) is 11.5 Å². The summed E-state index contributed by atoms with van der Waals surface area (Å²) >= 11 is 7.33. The highest BCUT2D eigenvalue weighted by Crippen LogP contribution is 2.33. The van der Waals surface area contributed by atoms with Crippen LogP contribution in [0.25, 0.3) is 6.08 Å². The van der Waals surface area contributed by atoms with Crippen LogP contribution in [0.1, 0.15) is 21.5 Å². The van der Waals surface area contributed by atoms with Crippen LogP contribution in [-0.4, -0.2) is 24.2 Å². The summed E-state index contributed by atoms with van der Waals surface area (Å²) in [5.74, 6) is -0.231. The van der Waals surface area contributed by atoms with Crippen molar-refractivity contribution in [2.75, 3.05) is 7.11 Å². The van der Waals surface area contributed by atoms with Gasteiger partial charge in [-0.3, -0.25) is 4.79 Å². The van der Waals surface area contributed by atoms with Crippen LogP contribution in [-0.2, 0) is 4.79 Å². The molecule has 33 heavy (non-hydrogen) atoms. The van der Waals surface area contributed by atoms with Crippen LogP contribution in [0.15, 0.2) is 76.6 Å². The molecule has 1 aliphatic rings. The Labute approximate surface area is 200 Å². The first-order valence-corrected chi connectivity index (χ1v) is 11.1. The second-order valence-corrected chi connectivity index (χ2v) is 8.49. The van der Waals surface area contributed by atoms with E-state index in [-0.39, 0.29) is 17.2 Å². The number of benzene rings is 3. The Balaban J connectivity index is 1.54. The van der Waals surface area contributed by atoms with Gasteiger partial charge in [-0.1, -0.05) is 48.0 Å². The first-order chi connectivity index (χ1) is 15.9. The summed E-state index contributed by atoms with van der Waals surface area (Å²) in [6.45, 7) is 1.96. The van der Waals surface area contributed by atoms with Crippen LogP contribution < -0.4 is 14.8 Å². The lowest BCUT2D eigenvalue weighted by molar-refractivity contribution is -0.115. The van der Waals surface area contributed by atoms with E-state index in [1.165, 1.54) is 18.9 Å². The van der Waals surface area contributed by atoms with Crippen molar-refractivity contribution < 1.29 is 19.1 Å². The molecule has 1 aliphatic heterocycles. The number of aryl methyl sites for hydroxylation is 1. The molecule has 0 radical (unpaired) electrons. The number of amides is 1. The first-order valence-electron chi connectivity index (χ1n) is 9.94. The van der Waals surface area contributed by atoms with Crippen molar-refractivity contribution >= 4 is 52.2 Å². The molecule has 0 unspecified atom stereocenters. The van der Waals surface area contributed by atoms with Gasteiger partial charge < -0.3 is 14.8 Å². The van der Waals surface area contributed by atoms with Crippen LogP contribution in [0, 0.1) is 6.92 Å². The van der Waals surface area contributed by atoms with Gasteiger partial charge in [0.15, 0.2) is 16.7 Å². The summed E-state index contributed by atoms with van der Waals surface area (Å²) in [5, 5.41) is 3.60. The predicted molar refractivity (Wildman–Crippen MR) is 131 cm³/mol. The summed E-state index contributed by atoms with van der Waals surface area (Å²) in [5.41, 5.74) is 2.78. The molecule has 3 aromatic rings. The summed E-state index contributed by atoms with van der Waals surface area (Å²) in [6.07, 6.45) is 1.72. The number of halogens is 1. The summed E-state index contributed by atoms with van der Waals surface area (Å²) in [4.78, 5) is 29.9. The summed E-state index contributed by atoms with van der Waals surface area (Å²) < 4.78 is 10.9. The standard InChI is InChI=1S/C25H19ClN2O4S/c1-15-7-3-6-10-19(15)27-25-28-23(29)22(33-25)14-16-11-12-20(21(13-16)31-2)32-24(30)17-8-4-5-9-18(17)26/h3-14H,1-2H3,(H,27,28,29)/b22-14+. The van der Waals surface area contributed by atoms with E-state index in [2.05, 4.69) is 10.3 Å². The highest BCUT2D eigenvalue weighted by molar-refractivity contribution is 8.18. The Hall–Kier alpha value is -3.55. The molecule has 1 N–H and O–H groups in total. The molecule has 0 bridgehead atoms. The number of nitrogens with zero attached hydrogens (tertiary/aromatic N) is 1. The van der Waals surface area contributed by atoms with E-state index < -0.39 is 5.97 Å². The molecule has 3 aromatic carbocycles. The van der Waals surface area contributed by atoms with Crippen LogP contribution >= 0.6 is 23.4 Å². The minimum atomic E-state index is -0.590.